The maximum Gasteiger partial charge on any atom is 0.251 e. The predicted molar refractivity (Wildman–Crippen MR) is 78.8 cm³/mol. The molecule has 1 atom stereocenters. The Morgan fingerprint density at radius 2 is 2.20 bits per heavy atom. The van der Waals surface area contributed by atoms with Crippen molar-refractivity contribution in [1.29, 1.82) is 0 Å². The topological polar surface area (TPSA) is 58.6 Å². The van der Waals surface area contributed by atoms with E-state index in [0.717, 1.165) is 11.1 Å². The number of hydrogen-bond donors (Lipinski definition) is 2. The summed E-state index contributed by atoms with van der Waals surface area (Å²) in [6.45, 7) is 0.577. The van der Waals surface area contributed by atoms with Crippen molar-refractivity contribution < 1.29 is 14.6 Å². The molecule has 0 saturated heterocycles. The zero-order valence-corrected chi connectivity index (χ0v) is 12.0. The van der Waals surface area contributed by atoms with Crippen LogP contribution in [0.3, 0.4) is 0 Å². The molecule has 0 aliphatic rings. The van der Waals surface area contributed by atoms with E-state index in [1.807, 2.05) is 35.0 Å². The standard InChI is InChI=1S/C15H17NO3S/c1-19-9-11-4-2-3-5-13(11)15(18)16-8-14(17)12-6-7-20-10-12/h2-7,10,14,17H,8-9H2,1H3,(H,16,18). The summed E-state index contributed by atoms with van der Waals surface area (Å²) in [5.74, 6) is -0.202. The van der Waals surface area contributed by atoms with Gasteiger partial charge in [0.1, 0.15) is 0 Å². The number of carbonyl (C=O) groups is 1. The van der Waals surface area contributed by atoms with Crippen molar-refractivity contribution in [1.82, 2.24) is 5.32 Å². The smallest absolute Gasteiger partial charge is 0.251 e. The molecule has 4 nitrogen and oxygen atoms in total. The molecule has 1 aromatic heterocycles. The highest BCUT2D eigenvalue weighted by atomic mass is 32.1. The molecule has 2 rings (SSSR count). The molecule has 1 aromatic carbocycles. The number of rotatable bonds is 6. The molecular weight excluding hydrogens is 274 g/mol. The number of hydrogen-bond acceptors (Lipinski definition) is 4. The number of benzene rings is 1. The first-order chi connectivity index (χ1) is 9.72. The number of carbonyl (C=O) groups excluding carboxylic acids is 1. The first-order valence-electron chi connectivity index (χ1n) is 6.27. The quantitative estimate of drug-likeness (QED) is 0.859. The van der Waals surface area contributed by atoms with E-state index in [2.05, 4.69) is 5.32 Å². The van der Waals surface area contributed by atoms with E-state index >= 15 is 0 Å². The van der Waals surface area contributed by atoms with Gasteiger partial charge in [-0.3, -0.25) is 4.79 Å². The van der Waals surface area contributed by atoms with Crippen molar-refractivity contribution in [3.8, 4) is 0 Å². The molecule has 0 aliphatic heterocycles. The Kier molecular flexibility index (Phi) is 5.29. The highest BCUT2D eigenvalue weighted by Crippen LogP contribution is 2.16. The highest BCUT2D eigenvalue weighted by Gasteiger charge is 2.13. The van der Waals surface area contributed by atoms with Gasteiger partial charge >= 0.3 is 0 Å². The van der Waals surface area contributed by atoms with E-state index in [4.69, 9.17) is 4.74 Å². The molecule has 0 aliphatic carbocycles. The van der Waals surface area contributed by atoms with Crippen LogP contribution < -0.4 is 5.32 Å². The Labute approximate surface area is 122 Å². The van der Waals surface area contributed by atoms with Crippen LogP contribution in [-0.2, 0) is 11.3 Å². The molecular formula is C15H17NO3S. The van der Waals surface area contributed by atoms with Crippen LogP contribution in [-0.4, -0.2) is 24.7 Å². The van der Waals surface area contributed by atoms with Gasteiger partial charge in [-0.2, -0.15) is 11.3 Å². The van der Waals surface area contributed by atoms with Gasteiger partial charge in [0.25, 0.3) is 5.91 Å². The monoisotopic (exact) mass is 291 g/mol. The molecule has 20 heavy (non-hydrogen) atoms. The van der Waals surface area contributed by atoms with Gasteiger partial charge in [0, 0.05) is 19.2 Å². The molecule has 0 saturated carbocycles. The van der Waals surface area contributed by atoms with Crippen molar-refractivity contribution >= 4 is 17.2 Å². The van der Waals surface area contributed by atoms with Crippen molar-refractivity contribution in [2.24, 2.45) is 0 Å². The Hall–Kier alpha value is -1.69. The molecule has 0 fully saturated rings. The van der Waals surface area contributed by atoms with Crippen LogP contribution in [0.25, 0.3) is 0 Å². The zero-order valence-electron chi connectivity index (χ0n) is 11.2. The Bertz CT molecular complexity index is 554. The Morgan fingerprint density at radius 1 is 1.40 bits per heavy atom. The lowest BCUT2D eigenvalue weighted by Gasteiger charge is -2.12. The van der Waals surface area contributed by atoms with Gasteiger partial charge in [-0.15, -0.1) is 0 Å². The van der Waals surface area contributed by atoms with E-state index in [-0.39, 0.29) is 12.5 Å². The van der Waals surface area contributed by atoms with Crippen LogP contribution in [0.1, 0.15) is 27.6 Å². The summed E-state index contributed by atoms with van der Waals surface area (Å²) in [5.41, 5.74) is 2.23. The minimum absolute atomic E-state index is 0.191. The molecule has 5 heteroatoms. The first kappa shape index (κ1) is 14.7. The van der Waals surface area contributed by atoms with Gasteiger partial charge in [0.2, 0.25) is 0 Å². The third kappa shape index (κ3) is 3.66. The largest absolute Gasteiger partial charge is 0.387 e. The fourth-order valence-corrected chi connectivity index (χ4v) is 2.60. The second-order valence-corrected chi connectivity index (χ2v) is 5.15. The number of aliphatic hydroxyl groups excluding tert-OH is 1. The highest BCUT2D eigenvalue weighted by molar-refractivity contribution is 7.07. The number of ether oxygens (including phenoxy) is 1. The van der Waals surface area contributed by atoms with Crippen LogP contribution in [0.15, 0.2) is 41.1 Å². The summed E-state index contributed by atoms with van der Waals surface area (Å²) in [7, 11) is 1.59. The van der Waals surface area contributed by atoms with Gasteiger partial charge in [-0.25, -0.2) is 0 Å². The second kappa shape index (κ2) is 7.19. The third-order valence-electron chi connectivity index (χ3n) is 2.95. The van der Waals surface area contributed by atoms with Gasteiger partial charge in [-0.05, 0) is 34.0 Å². The second-order valence-electron chi connectivity index (χ2n) is 4.37. The molecule has 1 unspecified atom stereocenters. The molecule has 106 valence electrons. The maximum atomic E-state index is 12.1. The summed E-state index contributed by atoms with van der Waals surface area (Å²) in [6.07, 6.45) is -0.681. The molecule has 2 N–H and O–H groups in total. The van der Waals surface area contributed by atoms with Crippen LogP contribution >= 0.6 is 11.3 Å². The predicted octanol–water partition coefficient (Wildman–Crippen LogP) is 2.36. The minimum Gasteiger partial charge on any atom is -0.387 e. The lowest BCUT2D eigenvalue weighted by Crippen LogP contribution is -2.29. The molecule has 0 bridgehead atoms. The van der Waals surface area contributed by atoms with Crippen LogP contribution in [0, 0.1) is 0 Å². The molecule has 2 aromatic rings. The fourth-order valence-electron chi connectivity index (χ4n) is 1.89. The summed E-state index contributed by atoms with van der Waals surface area (Å²) in [5, 5.41) is 16.5. The molecule has 0 radical (unpaired) electrons. The molecule has 0 spiro atoms. The Morgan fingerprint density at radius 3 is 2.90 bits per heavy atom. The van der Waals surface area contributed by atoms with Crippen molar-refractivity contribution in [3.63, 3.8) is 0 Å². The number of nitrogens with one attached hydrogen (secondary N) is 1. The number of aliphatic hydroxyl groups is 1. The summed E-state index contributed by atoms with van der Waals surface area (Å²) < 4.78 is 5.08. The van der Waals surface area contributed by atoms with E-state index in [9.17, 15) is 9.90 Å². The van der Waals surface area contributed by atoms with E-state index in [1.54, 1.807) is 13.2 Å². The normalized spacial score (nSPS) is 12.1. The lowest BCUT2D eigenvalue weighted by molar-refractivity contribution is 0.0912. The number of thiophene rings is 1. The van der Waals surface area contributed by atoms with E-state index in [0.29, 0.717) is 12.2 Å². The van der Waals surface area contributed by atoms with E-state index in [1.165, 1.54) is 11.3 Å². The van der Waals surface area contributed by atoms with Gasteiger partial charge in [0.05, 0.1) is 12.7 Å². The first-order valence-corrected chi connectivity index (χ1v) is 7.22. The van der Waals surface area contributed by atoms with Crippen LogP contribution in [0.2, 0.25) is 0 Å². The summed E-state index contributed by atoms with van der Waals surface area (Å²) in [4.78, 5) is 12.1. The van der Waals surface area contributed by atoms with E-state index < -0.39 is 6.10 Å². The van der Waals surface area contributed by atoms with Gasteiger partial charge in [0.15, 0.2) is 0 Å². The van der Waals surface area contributed by atoms with Crippen LogP contribution in [0.4, 0.5) is 0 Å². The minimum atomic E-state index is -0.681. The van der Waals surface area contributed by atoms with Crippen molar-refractivity contribution in [2.75, 3.05) is 13.7 Å². The average Bonchev–Trinajstić information content (AvgIpc) is 2.99. The number of amides is 1. The van der Waals surface area contributed by atoms with Gasteiger partial charge < -0.3 is 15.2 Å². The van der Waals surface area contributed by atoms with Gasteiger partial charge in [-0.1, -0.05) is 18.2 Å². The average molecular weight is 291 g/mol. The zero-order chi connectivity index (χ0) is 14.4. The summed E-state index contributed by atoms with van der Waals surface area (Å²) >= 11 is 1.52. The van der Waals surface area contributed by atoms with Crippen molar-refractivity contribution in [2.45, 2.75) is 12.7 Å². The molecule has 1 heterocycles. The lowest BCUT2D eigenvalue weighted by atomic mass is 10.1. The van der Waals surface area contributed by atoms with Crippen molar-refractivity contribution in [3.05, 3.63) is 57.8 Å². The van der Waals surface area contributed by atoms with Crippen LogP contribution in [0.5, 0.6) is 0 Å². The molecule has 1 amide bonds. The SMILES string of the molecule is COCc1ccccc1C(=O)NCC(O)c1ccsc1. The third-order valence-corrected chi connectivity index (χ3v) is 3.65. The summed E-state index contributed by atoms with van der Waals surface area (Å²) in [6, 6.07) is 9.13. The Balaban J connectivity index is 1.98. The fraction of sp³-hybridized carbons (Fsp3) is 0.267. The number of methoxy groups -OCH3 is 1. The maximum absolute atomic E-state index is 12.1.